The number of rotatable bonds is 19. The highest BCUT2D eigenvalue weighted by molar-refractivity contribution is 5.17. The maximum absolute atomic E-state index is 2.39. The van der Waals surface area contributed by atoms with Gasteiger partial charge < -0.3 is 4.48 Å². The van der Waals surface area contributed by atoms with Gasteiger partial charge in [-0.1, -0.05) is 127 Å². The first-order valence-electron chi connectivity index (χ1n) is 13.0. The Balaban J connectivity index is 2.02. The summed E-state index contributed by atoms with van der Waals surface area (Å²) < 4.78 is 1.10. The van der Waals surface area contributed by atoms with Gasteiger partial charge in [-0.15, -0.1) is 0 Å². The monoisotopic (exact) mass is 402 g/mol. The van der Waals surface area contributed by atoms with Crippen molar-refractivity contribution in [2.24, 2.45) is 0 Å². The molecule has 168 valence electrons. The van der Waals surface area contributed by atoms with Crippen molar-refractivity contribution >= 4 is 0 Å². The first-order chi connectivity index (χ1) is 14.1. The molecule has 1 atom stereocenters. The lowest BCUT2D eigenvalue weighted by Gasteiger charge is -2.37. The second-order valence-electron chi connectivity index (χ2n) is 9.76. The van der Waals surface area contributed by atoms with Gasteiger partial charge in [-0.2, -0.15) is 0 Å². The number of quaternary nitrogens is 1. The molecule has 0 N–H and O–H groups in total. The van der Waals surface area contributed by atoms with Crippen molar-refractivity contribution in [1.82, 2.24) is 0 Å². The van der Waals surface area contributed by atoms with Crippen LogP contribution in [0, 0.1) is 0 Å². The molecule has 1 heteroatoms. The van der Waals surface area contributed by atoms with E-state index in [2.05, 4.69) is 58.3 Å². The summed E-state index contributed by atoms with van der Waals surface area (Å²) in [7, 11) is 4.78. The fourth-order valence-corrected chi connectivity index (χ4v) is 4.52. The summed E-state index contributed by atoms with van der Waals surface area (Å²) in [4.78, 5) is 0. The highest BCUT2D eigenvalue weighted by Gasteiger charge is 2.27. The molecule has 29 heavy (non-hydrogen) atoms. The van der Waals surface area contributed by atoms with E-state index in [0.717, 1.165) is 4.48 Å². The van der Waals surface area contributed by atoms with Crippen LogP contribution in [-0.2, 0) is 0 Å². The topological polar surface area (TPSA) is 0 Å². The van der Waals surface area contributed by atoms with Crippen molar-refractivity contribution < 1.29 is 4.48 Å². The lowest BCUT2D eigenvalue weighted by Crippen LogP contribution is -2.42. The van der Waals surface area contributed by atoms with Crippen LogP contribution in [0.4, 0.5) is 0 Å². The molecule has 0 aliphatic carbocycles. The molecule has 0 amide bonds. The molecule has 0 saturated heterocycles. The van der Waals surface area contributed by atoms with Crippen LogP contribution in [0.3, 0.4) is 0 Å². The first kappa shape index (κ1) is 26.2. The zero-order valence-corrected chi connectivity index (χ0v) is 20.4. The predicted molar refractivity (Wildman–Crippen MR) is 131 cm³/mol. The van der Waals surface area contributed by atoms with Crippen LogP contribution < -0.4 is 0 Å². The van der Waals surface area contributed by atoms with E-state index in [1.165, 1.54) is 115 Å². The molecule has 1 nitrogen and oxygen atoms in total. The van der Waals surface area contributed by atoms with Crippen molar-refractivity contribution in [2.75, 3.05) is 20.6 Å². The van der Waals surface area contributed by atoms with E-state index in [-0.39, 0.29) is 0 Å². The predicted octanol–water partition coefficient (Wildman–Crippen LogP) is 9.09. The molecule has 0 fully saturated rings. The minimum absolute atomic E-state index is 0.642. The van der Waals surface area contributed by atoms with E-state index in [1.54, 1.807) is 0 Å². The molecule has 0 heterocycles. The standard InChI is InChI=1S/C28H52N/c1-5-7-8-9-10-11-12-13-14-15-16-17-18-19-23-26-28(29(3,4)6-2)27-24-21-20-22-25-27/h20-22,24-25,28H,5-19,23,26H2,1-4H3/q+1. The number of hydrogen-bond donors (Lipinski definition) is 0. The largest absolute Gasteiger partial charge is 0.323 e. The summed E-state index contributed by atoms with van der Waals surface area (Å²) in [5.74, 6) is 0. The zero-order chi connectivity index (χ0) is 21.2. The Labute approximate surface area is 183 Å². The summed E-state index contributed by atoms with van der Waals surface area (Å²) in [6, 6.07) is 11.8. The maximum Gasteiger partial charge on any atom is 0.114 e. The fraction of sp³-hybridized carbons (Fsp3) is 0.786. The molecule has 1 unspecified atom stereocenters. The third-order valence-corrected chi connectivity index (χ3v) is 6.92. The van der Waals surface area contributed by atoms with Crippen molar-refractivity contribution in [1.29, 1.82) is 0 Å². The van der Waals surface area contributed by atoms with Gasteiger partial charge in [0.05, 0.1) is 20.6 Å². The zero-order valence-electron chi connectivity index (χ0n) is 20.4. The summed E-state index contributed by atoms with van der Waals surface area (Å²) >= 11 is 0. The van der Waals surface area contributed by atoms with E-state index in [1.807, 2.05) is 0 Å². The molecule has 0 aliphatic rings. The Morgan fingerprint density at radius 2 is 1.00 bits per heavy atom. The van der Waals surface area contributed by atoms with Gasteiger partial charge in [-0.05, 0) is 13.3 Å². The molecular weight excluding hydrogens is 350 g/mol. The normalized spacial score (nSPS) is 13.0. The van der Waals surface area contributed by atoms with Gasteiger partial charge in [0.1, 0.15) is 6.04 Å². The molecule has 0 bridgehead atoms. The van der Waals surface area contributed by atoms with Crippen LogP contribution in [0.2, 0.25) is 0 Å². The average Bonchev–Trinajstić information content (AvgIpc) is 2.74. The molecule has 0 radical (unpaired) electrons. The maximum atomic E-state index is 2.39. The second kappa shape index (κ2) is 16.9. The van der Waals surface area contributed by atoms with Gasteiger partial charge in [0.2, 0.25) is 0 Å². The Hall–Kier alpha value is -0.820. The van der Waals surface area contributed by atoms with Gasteiger partial charge in [-0.3, -0.25) is 0 Å². The summed E-state index contributed by atoms with van der Waals surface area (Å²) in [6.07, 6.45) is 23.0. The molecule has 1 rings (SSSR count). The Kier molecular flexibility index (Phi) is 15.3. The van der Waals surface area contributed by atoms with Crippen LogP contribution >= 0.6 is 0 Å². The average molecular weight is 403 g/mol. The Morgan fingerprint density at radius 1 is 0.586 bits per heavy atom. The third kappa shape index (κ3) is 12.5. The van der Waals surface area contributed by atoms with Gasteiger partial charge in [0.15, 0.2) is 0 Å². The molecule has 0 aliphatic heterocycles. The highest BCUT2D eigenvalue weighted by Crippen LogP contribution is 2.30. The minimum Gasteiger partial charge on any atom is -0.323 e. The Morgan fingerprint density at radius 3 is 1.41 bits per heavy atom. The van der Waals surface area contributed by atoms with E-state index < -0.39 is 0 Å². The van der Waals surface area contributed by atoms with Crippen LogP contribution in [-0.4, -0.2) is 25.1 Å². The summed E-state index contributed by atoms with van der Waals surface area (Å²) in [6.45, 7) is 5.81. The minimum atomic E-state index is 0.642. The van der Waals surface area contributed by atoms with E-state index in [9.17, 15) is 0 Å². The lowest BCUT2D eigenvalue weighted by molar-refractivity contribution is -0.920. The van der Waals surface area contributed by atoms with E-state index in [0.29, 0.717) is 6.04 Å². The smallest absolute Gasteiger partial charge is 0.114 e. The number of unbranched alkanes of at least 4 members (excludes halogenated alkanes) is 14. The van der Waals surface area contributed by atoms with Crippen molar-refractivity contribution in [3.63, 3.8) is 0 Å². The van der Waals surface area contributed by atoms with Crippen LogP contribution in [0.25, 0.3) is 0 Å². The van der Waals surface area contributed by atoms with Crippen LogP contribution in [0.5, 0.6) is 0 Å². The highest BCUT2D eigenvalue weighted by atomic mass is 15.3. The molecular formula is C28H52N+. The van der Waals surface area contributed by atoms with Crippen molar-refractivity contribution in [3.8, 4) is 0 Å². The summed E-state index contributed by atoms with van der Waals surface area (Å²) in [5, 5.41) is 0. The van der Waals surface area contributed by atoms with E-state index >= 15 is 0 Å². The van der Waals surface area contributed by atoms with Crippen LogP contribution in [0.15, 0.2) is 30.3 Å². The van der Waals surface area contributed by atoms with Gasteiger partial charge >= 0.3 is 0 Å². The Bertz CT molecular complexity index is 464. The number of nitrogens with zero attached hydrogens (tertiary/aromatic N) is 1. The lowest BCUT2D eigenvalue weighted by atomic mass is 9.96. The number of benzene rings is 1. The molecule has 0 spiro atoms. The van der Waals surface area contributed by atoms with Crippen molar-refractivity contribution in [3.05, 3.63) is 35.9 Å². The van der Waals surface area contributed by atoms with Gasteiger partial charge in [0, 0.05) is 12.0 Å². The molecule has 0 saturated carbocycles. The van der Waals surface area contributed by atoms with Crippen LogP contribution in [0.1, 0.15) is 128 Å². The first-order valence-corrected chi connectivity index (χ1v) is 13.0. The quantitative estimate of drug-likeness (QED) is 0.160. The van der Waals surface area contributed by atoms with Gasteiger partial charge in [0.25, 0.3) is 0 Å². The molecule has 1 aromatic rings. The molecule has 0 aromatic heterocycles. The molecule has 1 aromatic carbocycles. The fourth-order valence-electron chi connectivity index (χ4n) is 4.52. The van der Waals surface area contributed by atoms with Crippen molar-refractivity contribution in [2.45, 2.75) is 123 Å². The second-order valence-corrected chi connectivity index (χ2v) is 9.76. The number of hydrogen-bond acceptors (Lipinski definition) is 0. The van der Waals surface area contributed by atoms with E-state index in [4.69, 9.17) is 0 Å². The van der Waals surface area contributed by atoms with Gasteiger partial charge in [-0.25, -0.2) is 0 Å². The summed E-state index contributed by atoms with van der Waals surface area (Å²) in [5.41, 5.74) is 1.52. The SMILES string of the molecule is CCCCCCCCCCCCCCCCCC(c1ccccc1)[N+](C)(C)CC. The third-order valence-electron chi connectivity index (χ3n) is 6.92.